The van der Waals surface area contributed by atoms with Crippen LogP contribution >= 0.6 is 11.8 Å². The molecule has 0 fully saturated rings. The van der Waals surface area contributed by atoms with Gasteiger partial charge in [0, 0.05) is 32.4 Å². The number of para-hydroxylation sites is 2. The van der Waals surface area contributed by atoms with Crippen LogP contribution in [0.3, 0.4) is 0 Å². The van der Waals surface area contributed by atoms with Crippen LogP contribution in [-0.2, 0) is 24.2 Å². The van der Waals surface area contributed by atoms with Crippen LogP contribution < -0.4 is 5.69 Å². The molecule has 0 amide bonds. The Morgan fingerprint density at radius 1 is 1.00 bits per heavy atom. The maximum atomic E-state index is 12.2. The Morgan fingerprint density at radius 2 is 1.80 bits per heavy atom. The van der Waals surface area contributed by atoms with E-state index < -0.39 is 0 Å². The van der Waals surface area contributed by atoms with Gasteiger partial charge >= 0.3 is 5.69 Å². The van der Waals surface area contributed by atoms with Crippen molar-refractivity contribution >= 4 is 22.8 Å². The number of thioether (sulfide) groups is 1. The minimum absolute atomic E-state index is 0.0605. The molecule has 0 bridgehead atoms. The number of rotatable bonds is 10. The normalized spacial score (nSPS) is 11.4. The summed E-state index contributed by atoms with van der Waals surface area (Å²) < 4.78 is 9.21. The third-order valence-corrected chi connectivity index (χ3v) is 6.01. The molecule has 0 atom stereocenters. The number of nitrogens with one attached hydrogen (secondary N) is 1. The topological polar surface area (TPSA) is 77.7 Å². The summed E-state index contributed by atoms with van der Waals surface area (Å²) in [6, 6.07) is 18.1. The Morgan fingerprint density at radius 3 is 2.63 bits per heavy atom. The Bertz CT molecular complexity index is 1150. The number of fused-ring (bicyclic) bond motifs is 1. The number of benzene rings is 2. The van der Waals surface area contributed by atoms with Gasteiger partial charge in [-0.05, 0) is 24.1 Å². The number of aromatic nitrogens is 5. The van der Waals surface area contributed by atoms with Crippen molar-refractivity contribution in [3.8, 4) is 0 Å². The van der Waals surface area contributed by atoms with Crippen molar-refractivity contribution < 1.29 is 4.74 Å². The summed E-state index contributed by atoms with van der Waals surface area (Å²) in [5.74, 6) is 1.79. The van der Waals surface area contributed by atoms with Crippen molar-refractivity contribution in [3.05, 3.63) is 76.5 Å². The number of hydrogen-bond donors (Lipinski definition) is 1. The molecule has 0 unspecified atom stereocenters. The van der Waals surface area contributed by atoms with Crippen LogP contribution in [-0.4, -0.2) is 43.8 Å². The first-order valence-corrected chi connectivity index (χ1v) is 11.0. The molecule has 2 aromatic heterocycles. The number of ether oxygens (including phenoxy) is 1. The van der Waals surface area contributed by atoms with Gasteiger partial charge in [-0.3, -0.25) is 4.57 Å². The third kappa shape index (κ3) is 4.66. The predicted octanol–water partition coefficient (Wildman–Crippen LogP) is 3.34. The summed E-state index contributed by atoms with van der Waals surface area (Å²) in [5, 5.41) is 9.73. The van der Waals surface area contributed by atoms with Crippen LogP contribution in [0.15, 0.2) is 64.5 Å². The van der Waals surface area contributed by atoms with E-state index in [0.29, 0.717) is 13.2 Å². The fourth-order valence-corrected chi connectivity index (χ4v) is 4.36. The molecule has 4 aromatic rings. The summed E-state index contributed by atoms with van der Waals surface area (Å²) in [6.07, 6.45) is 1.60. The van der Waals surface area contributed by atoms with E-state index in [9.17, 15) is 4.79 Å². The average Bonchev–Trinajstić information content (AvgIpc) is 3.30. The second-order valence-electron chi connectivity index (χ2n) is 7.01. The van der Waals surface area contributed by atoms with Gasteiger partial charge in [0.1, 0.15) is 5.82 Å². The predicted molar refractivity (Wildman–Crippen MR) is 119 cm³/mol. The van der Waals surface area contributed by atoms with Crippen molar-refractivity contribution in [2.75, 3.05) is 19.5 Å². The maximum Gasteiger partial charge on any atom is 0.326 e. The summed E-state index contributed by atoms with van der Waals surface area (Å²) in [4.78, 5) is 15.1. The lowest BCUT2D eigenvalue weighted by Crippen LogP contribution is -2.17. The molecule has 0 aliphatic carbocycles. The van der Waals surface area contributed by atoms with Crippen molar-refractivity contribution in [3.63, 3.8) is 0 Å². The van der Waals surface area contributed by atoms with Crippen LogP contribution in [0.5, 0.6) is 0 Å². The summed E-state index contributed by atoms with van der Waals surface area (Å²) in [5.41, 5.74) is 2.97. The molecule has 2 heterocycles. The van der Waals surface area contributed by atoms with Crippen LogP contribution in [0.2, 0.25) is 0 Å². The van der Waals surface area contributed by atoms with Crippen molar-refractivity contribution in [1.82, 2.24) is 24.3 Å². The fraction of sp³-hybridized carbons (Fsp3) is 0.318. The molecular formula is C22H25N5O2S. The Balaban J connectivity index is 1.41. The highest BCUT2D eigenvalue weighted by atomic mass is 32.2. The number of hydrogen-bond acceptors (Lipinski definition) is 5. The summed E-state index contributed by atoms with van der Waals surface area (Å²) >= 11 is 1.67. The molecule has 7 nitrogen and oxygen atoms in total. The van der Waals surface area contributed by atoms with Crippen LogP contribution in [0.1, 0.15) is 17.8 Å². The number of H-pyrrole nitrogens is 1. The zero-order chi connectivity index (χ0) is 20.8. The fourth-order valence-electron chi connectivity index (χ4n) is 3.46. The van der Waals surface area contributed by atoms with Gasteiger partial charge in [0.25, 0.3) is 0 Å². The van der Waals surface area contributed by atoms with Gasteiger partial charge in [0.15, 0.2) is 5.16 Å². The number of methoxy groups -OCH3 is 1. The van der Waals surface area contributed by atoms with Gasteiger partial charge in [-0.1, -0.05) is 54.2 Å². The van der Waals surface area contributed by atoms with E-state index in [1.165, 1.54) is 5.56 Å². The van der Waals surface area contributed by atoms with Crippen molar-refractivity contribution in [1.29, 1.82) is 0 Å². The highest BCUT2D eigenvalue weighted by Crippen LogP contribution is 2.20. The zero-order valence-electron chi connectivity index (χ0n) is 17.0. The molecule has 156 valence electrons. The Kier molecular flexibility index (Phi) is 6.66. The van der Waals surface area contributed by atoms with Gasteiger partial charge in [-0.15, -0.1) is 10.2 Å². The van der Waals surface area contributed by atoms with Gasteiger partial charge in [0.2, 0.25) is 0 Å². The van der Waals surface area contributed by atoms with Crippen LogP contribution in [0.4, 0.5) is 0 Å². The number of aryl methyl sites for hydroxylation is 1. The van der Waals surface area contributed by atoms with Gasteiger partial charge in [-0.25, -0.2) is 4.79 Å². The molecule has 0 saturated carbocycles. The van der Waals surface area contributed by atoms with Crippen molar-refractivity contribution in [2.45, 2.75) is 31.1 Å². The van der Waals surface area contributed by atoms with E-state index in [0.717, 1.165) is 47.2 Å². The molecular weight excluding hydrogens is 398 g/mol. The molecule has 8 heteroatoms. The lowest BCUT2D eigenvalue weighted by molar-refractivity contribution is 0.184. The first kappa shape index (κ1) is 20.4. The highest BCUT2D eigenvalue weighted by Gasteiger charge is 2.13. The molecule has 30 heavy (non-hydrogen) atoms. The first-order valence-electron chi connectivity index (χ1n) is 10.0. The maximum absolute atomic E-state index is 12.2. The monoisotopic (exact) mass is 423 g/mol. The molecule has 0 aliphatic rings. The average molecular weight is 424 g/mol. The molecule has 0 spiro atoms. The Hall–Kier alpha value is -2.84. The van der Waals surface area contributed by atoms with Gasteiger partial charge in [-0.2, -0.15) is 0 Å². The number of nitrogens with zero attached hydrogens (tertiary/aromatic N) is 4. The van der Waals surface area contributed by atoms with Crippen molar-refractivity contribution in [2.24, 2.45) is 0 Å². The minimum Gasteiger partial charge on any atom is -0.383 e. The largest absolute Gasteiger partial charge is 0.383 e. The van der Waals surface area contributed by atoms with E-state index in [2.05, 4.69) is 31.9 Å². The second-order valence-corrected chi connectivity index (χ2v) is 8.07. The Labute approximate surface area is 179 Å². The van der Waals surface area contributed by atoms with E-state index >= 15 is 0 Å². The third-order valence-electron chi connectivity index (χ3n) is 4.96. The molecule has 0 radical (unpaired) electrons. The van der Waals surface area contributed by atoms with E-state index in [-0.39, 0.29) is 5.69 Å². The second kappa shape index (κ2) is 9.77. The van der Waals surface area contributed by atoms with E-state index in [4.69, 9.17) is 4.74 Å². The number of aromatic amines is 1. The summed E-state index contributed by atoms with van der Waals surface area (Å²) in [7, 11) is 1.70. The number of imidazole rings is 1. The molecule has 0 saturated heterocycles. The first-order chi connectivity index (χ1) is 14.8. The quantitative estimate of drug-likeness (QED) is 0.313. The standard InChI is InChI=1S/C22H25N5O2S/c1-29-14-13-27-20(16-17-8-3-2-4-9-17)24-25-22(27)30-15-7-12-26-19-11-6-5-10-18(19)23-21(26)28/h2-6,8-11H,7,12-16H2,1H3,(H,23,28). The smallest absolute Gasteiger partial charge is 0.326 e. The van der Waals surface area contributed by atoms with E-state index in [1.54, 1.807) is 23.4 Å². The molecule has 0 aliphatic heterocycles. The lowest BCUT2D eigenvalue weighted by atomic mass is 10.1. The van der Waals surface area contributed by atoms with Gasteiger partial charge in [0.05, 0.1) is 17.6 Å². The van der Waals surface area contributed by atoms with Crippen LogP contribution in [0, 0.1) is 0 Å². The highest BCUT2D eigenvalue weighted by molar-refractivity contribution is 7.99. The van der Waals surface area contributed by atoms with E-state index in [1.807, 2.05) is 42.5 Å². The summed E-state index contributed by atoms with van der Waals surface area (Å²) in [6.45, 7) is 1.99. The SMILES string of the molecule is COCCn1c(Cc2ccccc2)nnc1SCCCn1c(=O)[nH]c2ccccc21. The molecule has 1 N–H and O–H groups in total. The van der Waals surface area contributed by atoms with Crippen LogP contribution in [0.25, 0.3) is 11.0 Å². The van der Waals surface area contributed by atoms with Gasteiger partial charge < -0.3 is 14.3 Å². The minimum atomic E-state index is -0.0605. The molecule has 2 aromatic carbocycles. The zero-order valence-corrected chi connectivity index (χ0v) is 17.8. The molecule has 4 rings (SSSR count). The lowest BCUT2D eigenvalue weighted by Gasteiger charge is -2.10.